The molecule has 2 heterocycles. The third-order valence-corrected chi connectivity index (χ3v) is 4.96. The summed E-state index contributed by atoms with van der Waals surface area (Å²) in [7, 11) is 0. The van der Waals surface area contributed by atoms with Gasteiger partial charge in [0.1, 0.15) is 36.3 Å². The summed E-state index contributed by atoms with van der Waals surface area (Å²) in [5.74, 6) is -5.54. The monoisotopic (exact) mass is 475 g/mol. The molecule has 1 aliphatic heterocycles. The molecule has 2 aromatic rings. The molecule has 0 amide bonds. The van der Waals surface area contributed by atoms with Crippen molar-refractivity contribution in [3.8, 4) is 5.75 Å². The fraction of sp³-hybridized carbons (Fsp3) is 0.381. The second-order valence-corrected chi connectivity index (χ2v) is 7.57. The van der Waals surface area contributed by atoms with Crippen molar-refractivity contribution in [2.75, 3.05) is 19.8 Å². The number of nitrogens with zero attached hydrogens (tertiary/aromatic N) is 2. The number of rotatable bonds is 6. The molecule has 1 atom stereocenters. The Morgan fingerprint density at radius 1 is 1.24 bits per heavy atom. The summed E-state index contributed by atoms with van der Waals surface area (Å²) in [6.07, 6.45) is -3.90. The highest BCUT2D eigenvalue weighted by molar-refractivity contribution is 5.95. The summed E-state index contributed by atoms with van der Waals surface area (Å²) in [4.78, 5) is 20.1. The van der Waals surface area contributed by atoms with Gasteiger partial charge in [0.25, 0.3) is 5.92 Å². The molecule has 0 saturated heterocycles. The number of carbonyl (C=O) groups excluding carboxylic acids is 1. The number of aromatic nitrogens is 1. The molecule has 2 N–H and O–H groups in total. The fourth-order valence-corrected chi connectivity index (χ4v) is 3.21. The number of hydrogen-bond donors (Lipinski definition) is 1. The Kier molecular flexibility index (Phi) is 6.68. The van der Waals surface area contributed by atoms with E-state index in [1.165, 1.54) is 12.1 Å². The van der Waals surface area contributed by atoms with Crippen LogP contribution >= 0.6 is 0 Å². The van der Waals surface area contributed by atoms with Gasteiger partial charge in [-0.05, 0) is 36.8 Å². The molecule has 0 saturated carbocycles. The maximum absolute atomic E-state index is 14.8. The summed E-state index contributed by atoms with van der Waals surface area (Å²) >= 11 is 0. The van der Waals surface area contributed by atoms with E-state index < -0.39 is 48.0 Å². The molecule has 0 bridgehead atoms. The van der Waals surface area contributed by atoms with Crippen molar-refractivity contribution in [1.29, 1.82) is 0 Å². The van der Waals surface area contributed by atoms with E-state index in [0.29, 0.717) is 0 Å². The van der Waals surface area contributed by atoms with Crippen LogP contribution in [0.4, 0.5) is 26.3 Å². The van der Waals surface area contributed by atoms with E-state index in [2.05, 4.69) is 14.7 Å². The zero-order valence-corrected chi connectivity index (χ0v) is 17.3. The van der Waals surface area contributed by atoms with Crippen LogP contribution in [0.1, 0.15) is 28.5 Å². The molecular formula is C21H19F6N3O3. The number of Topliss-reactive ketones (excluding diaryl/α,β-unsaturated/α-hetero) is 1. The summed E-state index contributed by atoms with van der Waals surface area (Å²) in [6.45, 7) is -1.84. The fourth-order valence-electron chi connectivity index (χ4n) is 3.21. The quantitative estimate of drug-likeness (QED) is 0.507. The van der Waals surface area contributed by atoms with Gasteiger partial charge in [0, 0.05) is 12.0 Å². The highest BCUT2D eigenvalue weighted by Crippen LogP contribution is 2.43. The topological polar surface area (TPSA) is 86.8 Å². The minimum absolute atomic E-state index is 0.0955. The van der Waals surface area contributed by atoms with Gasteiger partial charge in [-0.1, -0.05) is 6.07 Å². The van der Waals surface area contributed by atoms with E-state index >= 15 is 0 Å². The molecule has 0 spiro atoms. The second-order valence-electron chi connectivity index (χ2n) is 7.57. The molecule has 0 fully saturated rings. The smallest absolute Gasteiger partial charge is 0.422 e. The van der Waals surface area contributed by atoms with Crippen LogP contribution in [-0.4, -0.2) is 48.5 Å². The van der Waals surface area contributed by atoms with E-state index in [9.17, 15) is 31.1 Å². The van der Waals surface area contributed by atoms with Gasteiger partial charge in [-0.15, -0.1) is 0 Å². The van der Waals surface area contributed by atoms with Crippen molar-refractivity contribution < 1.29 is 40.6 Å². The summed E-state index contributed by atoms with van der Waals surface area (Å²) < 4.78 is 90.1. The van der Waals surface area contributed by atoms with Crippen LogP contribution in [-0.2, 0) is 16.7 Å². The number of amidine groups is 1. The summed E-state index contributed by atoms with van der Waals surface area (Å²) in [6, 6.07) is 5.61. The lowest BCUT2D eigenvalue weighted by molar-refractivity contribution is -0.153. The number of aliphatic imine (C=N–C) groups is 1. The maximum atomic E-state index is 14.8. The number of halogens is 6. The van der Waals surface area contributed by atoms with Crippen molar-refractivity contribution >= 4 is 11.6 Å². The summed E-state index contributed by atoms with van der Waals surface area (Å²) in [5.41, 5.74) is 2.88. The van der Waals surface area contributed by atoms with Crippen LogP contribution in [0, 0.1) is 5.82 Å². The standard InChI is InChI=1S/C21H19F6N3O3/c1-19(20(23,24)10-32-9-18(28)30-19)14-6-12(2-4-15(14)22)7-17(31)16-5-3-13(8-29-16)33-11-21(25,26)27/h2-6,8H,7,9-11H2,1H3,(H2,28,30)/t19-/m1/s1. The lowest BCUT2D eigenvalue weighted by Gasteiger charge is -2.33. The molecule has 0 unspecified atom stereocenters. The molecule has 178 valence electrons. The van der Waals surface area contributed by atoms with Crippen LogP contribution in [0.25, 0.3) is 0 Å². The number of nitrogens with two attached hydrogens (primary N) is 1. The van der Waals surface area contributed by atoms with Crippen molar-refractivity contribution in [1.82, 2.24) is 4.98 Å². The predicted molar refractivity (Wildman–Crippen MR) is 105 cm³/mol. The Hall–Kier alpha value is -3.15. The molecule has 3 rings (SSSR count). The largest absolute Gasteiger partial charge is 0.483 e. The molecule has 1 aromatic heterocycles. The molecule has 1 aromatic carbocycles. The third kappa shape index (κ3) is 5.62. The van der Waals surface area contributed by atoms with Gasteiger partial charge in [-0.25, -0.2) is 18.2 Å². The number of benzene rings is 1. The van der Waals surface area contributed by atoms with Crippen LogP contribution in [0.3, 0.4) is 0 Å². The van der Waals surface area contributed by atoms with Crippen LogP contribution in [0.15, 0.2) is 41.5 Å². The van der Waals surface area contributed by atoms with Crippen LogP contribution < -0.4 is 10.5 Å². The molecule has 0 aliphatic carbocycles. The van der Waals surface area contributed by atoms with Gasteiger partial charge in [0.15, 0.2) is 17.9 Å². The number of pyridine rings is 1. The number of carbonyl (C=O) groups is 1. The van der Waals surface area contributed by atoms with Gasteiger partial charge in [-0.3, -0.25) is 9.79 Å². The van der Waals surface area contributed by atoms with Crippen molar-refractivity contribution in [2.24, 2.45) is 10.7 Å². The minimum Gasteiger partial charge on any atom is -0.483 e. The van der Waals surface area contributed by atoms with E-state index in [0.717, 1.165) is 31.3 Å². The zero-order valence-electron chi connectivity index (χ0n) is 17.3. The lowest BCUT2D eigenvalue weighted by atomic mass is 9.84. The number of ether oxygens (including phenoxy) is 2. The molecule has 12 heteroatoms. The van der Waals surface area contributed by atoms with E-state index in [4.69, 9.17) is 10.5 Å². The van der Waals surface area contributed by atoms with Crippen molar-refractivity contribution in [3.05, 3.63) is 59.2 Å². The van der Waals surface area contributed by atoms with Crippen LogP contribution in [0.2, 0.25) is 0 Å². The van der Waals surface area contributed by atoms with Gasteiger partial charge >= 0.3 is 6.18 Å². The highest BCUT2D eigenvalue weighted by Gasteiger charge is 2.54. The molecule has 6 nitrogen and oxygen atoms in total. The first-order valence-electron chi connectivity index (χ1n) is 9.58. The zero-order chi connectivity index (χ0) is 24.4. The Labute approximate surface area is 184 Å². The van der Waals surface area contributed by atoms with Crippen molar-refractivity contribution in [2.45, 2.75) is 31.0 Å². The SMILES string of the molecule is C[C@]1(c2cc(CC(=O)c3ccc(OCC(F)(F)F)cn3)ccc2F)N=C(N)COCC1(F)F. The lowest BCUT2D eigenvalue weighted by Crippen LogP contribution is -2.45. The Morgan fingerprint density at radius 3 is 2.61 bits per heavy atom. The molecule has 1 aliphatic rings. The highest BCUT2D eigenvalue weighted by atomic mass is 19.4. The third-order valence-electron chi connectivity index (χ3n) is 4.96. The van der Waals surface area contributed by atoms with Gasteiger partial charge in [-0.2, -0.15) is 13.2 Å². The molecule has 0 radical (unpaired) electrons. The first-order chi connectivity index (χ1) is 15.3. The Morgan fingerprint density at radius 2 is 1.97 bits per heavy atom. The number of alkyl halides is 5. The first-order valence-corrected chi connectivity index (χ1v) is 9.58. The summed E-state index contributed by atoms with van der Waals surface area (Å²) in [5, 5.41) is 0. The normalized spacial score (nSPS) is 20.6. The second kappa shape index (κ2) is 9.00. The van der Waals surface area contributed by atoms with E-state index in [1.54, 1.807) is 0 Å². The van der Waals surface area contributed by atoms with Crippen LogP contribution in [0.5, 0.6) is 5.75 Å². The molecule has 33 heavy (non-hydrogen) atoms. The number of hydrogen-bond acceptors (Lipinski definition) is 6. The average Bonchev–Trinajstić information content (AvgIpc) is 2.83. The average molecular weight is 475 g/mol. The van der Waals surface area contributed by atoms with Gasteiger partial charge in [0.05, 0.1) is 6.20 Å². The van der Waals surface area contributed by atoms with Gasteiger partial charge < -0.3 is 15.2 Å². The maximum Gasteiger partial charge on any atom is 0.422 e. The first kappa shape index (κ1) is 24.5. The van der Waals surface area contributed by atoms with E-state index in [-0.39, 0.29) is 35.9 Å². The van der Waals surface area contributed by atoms with E-state index in [1.807, 2.05) is 0 Å². The number of ketones is 1. The predicted octanol–water partition coefficient (Wildman–Crippen LogP) is 3.83. The van der Waals surface area contributed by atoms with Gasteiger partial charge in [0.2, 0.25) is 0 Å². The Balaban J connectivity index is 1.82. The minimum atomic E-state index is -4.53. The van der Waals surface area contributed by atoms with Crippen molar-refractivity contribution in [3.63, 3.8) is 0 Å². The Bertz CT molecular complexity index is 1060. The molecular weight excluding hydrogens is 456 g/mol.